The van der Waals surface area contributed by atoms with Gasteiger partial charge in [-0.3, -0.25) is 14.0 Å². The first-order chi connectivity index (χ1) is 20.4. The number of aldehydes is 1. The Morgan fingerprint density at radius 2 is 1.88 bits per heavy atom. The van der Waals surface area contributed by atoms with Crippen LogP contribution in [0.1, 0.15) is 51.0 Å². The van der Waals surface area contributed by atoms with Gasteiger partial charge in [0.1, 0.15) is 25.5 Å². The van der Waals surface area contributed by atoms with E-state index in [0.29, 0.717) is 41.0 Å². The maximum Gasteiger partial charge on any atom is 0.338 e. The van der Waals surface area contributed by atoms with Crippen LogP contribution in [0.4, 0.5) is 5.69 Å². The van der Waals surface area contributed by atoms with E-state index in [-0.39, 0.29) is 23.8 Å². The predicted molar refractivity (Wildman–Crippen MR) is 159 cm³/mol. The molecule has 3 fully saturated rings. The molecule has 3 aliphatic carbocycles. The molecule has 0 radical (unpaired) electrons. The SMILES string of the molecule is CCOC(=O)C(/C=C/c1ccc(NC(O)C[N+]23CC24C2C=CCCC2CCC2CCC=CC2C4OC3O)cc1)=C/C=O. The van der Waals surface area contributed by atoms with Gasteiger partial charge in [0.25, 0.3) is 0 Å². The summed E-state index contributed by atoms with van der Waals surface area (Å²) in [4.78, 5) is 22.9. The average Bonchev–Trinajstić information content (AvgIpc) is 3.60. The standard InChI is InChI=1S/C34H42N2O6/c1-2-41-32(39)26(19-20-37)14-11-23-12-17-27(18-13-23)35-30(38)21-36-22-34(36)29-10-6-4-8-25(29)16-15-24-7-3-5-9-28(24)31(34)42-33(36)40/h5-6,9-14,17-20,24-25,28-31,33,38,40H,2-4,7-8,15-16,21-22H2,1H3/p+1. The molecule has 0 aromatic heterocycles. The molecule has 9 unspecified atom stereocenters. The van der Waals surface area contributed by atoms with Crippen LogP contribution in [-0.4, -0.2) is 70.9 Å². The zero-order chi connectivity index (χ0) is 29.3. The number of hydrogen-bond acceptors (Lipinski definition) is 7. The van der Waals surface area contributed by atoms with Crippen molar-refractivity contribution in [2.75, 3.05) is 25.0 Å². The second-order valence-electron chi connectivity index (χ2n) is 12.6. The summed E-state index contributed by atoms with van der Waals surface area (Å²) in [5.74, 6) is 1.29. The van der Waals surface area contributed by atoms with Crippen molar-refractivity contribution in [2.45, 2.75) is 69.7 Å². The molecule has 5 aliphatic rings. The van der Waals surface area contributed by atoms with Gasteiger partial charge in [-0.15, -0.1) is 0 Å². The number of anilines is 1. The molecule has 42 heavy (non-hydrogen) atoms. The third kappa shape index (κ3) is 5.08. The van der Waals surface area contributed by atoms with Crippen molar-refractivity contribution >= 4 is 24.0 Å². The predicted octanol–water partition coefficient (Wildman–Crippen LogP) is 4.32. The molecule has 3 N–H and O–H groups in total. The van der Waals surface area contributed by atoms with Crippen molar-refractivity contribution in [2.24, 2.45) is 23.7 Å². The molecule has 2 aliphatic heterocycles. The van der Waals surface area contributed by atoms with Crippen LogP contribution in [0.25, 0.3) is 6.08 Å². The lowest BCUT2D eigenvalue weighted by Gasteiger charge is -2.42. The van der Waals surface area contributed by atoms with Crippen molar-refractivity contribution in [1.82, 2.24) is 0 Å². The van der Waals surface area contributed by atoms with Crippen LogP contribution in [0.3, 0.4) is 0 Å². The topological polar surface area (TPSA) is 105 Å². The van der Waals surface area contributed by atoms with E-state index in [9.17, 15) is 19.8 Å². The first kappa shape index (κ1) is 29.1. The third-order valence-electron chi connectivity index (χ3n) is 10.4. The second kappa shape index (κ2) is 11.9. The number of carbonyl (C=O) groups excluding carboxylic acids is 2. The van der Waals surface area contributed by atoms with Gasteiger partial charge in [0.05, 0.1) is 12.2 Å². The third-order valence-corrected chi connectivity index (χ3v) is 10.4. The summed E-state index contributed by atoms with van der Waals surface area (Å²) in [6.07, 6.45) is 19.6. The highest BCUT2D eigenvalue weighted by Gasteiger charge is 2.86. The highest BCUT2D eigenvalue weighted by molar-refractivity contribution is 5.96. The van der Waals surface area contributed by atoms with Crippen LogP contribution < -0.4 is 5.32 Å². The zero-order valence-electron chi connectivity index (χ0n) is 24.3. The van der Waals surface area contributed by atoms with Crippen LogP contribution in [0.5, 0.6) is 0 Å². The lowest BCUT2D eigenvalue weighted by molar-refractivity contribution is -0.890. The first-order valence-corrected chi connectivity index (χ1v) is 15.5. The highest BCUT2D eigenvalue weighted by Crippen LogP contribution is 2.65. The molecule has 8 nitrogen and oxygen atoms in total. The molecular formula is C34H43N2O6+. The van der Waals surface area contributed by atoms with E-state index in [0.717, 1.165) is 30.6 Å². The number of allylic oxidation sites excluding steroid dienone is 3. The monoisotopic (exact) mass is 575 g/mol. The van der Waals surface area contributed by atoms with Crippen LogP contribution in [0, 0.1) is 23.7 Å². The molecule has 1 saturated carbocycles. The smallest absolute Gasteiger partial charge is 0.338 e. The number of aliphatic hydroxyl groups excluding tert-OH is 2. The normalized spacial score (nSPS) is 37.5. The minimum absolute atomic E-state index is 0.0457. The van der Waals surface area contributed by atoms with Gasteiger partial charge >= 0.3 is 12.4 Å². The van der Waals surface area contributed by atoms with Gasteiger partial charge in [-0.1, -0.05) is 42.5 Å². The van der Waals surface area contributed by atoms with Crippen molar-refractivity contribution in [3.63, 3.8) is 0 Å². The van der Waals surface area contributed by atoms with Crippen LogP contribution in [0.15, 0.2) is 66.3 Å². The number of quaternary nitrogens is 1. The molecule has 2 saturated heterocycles. The molecule has 0 bridgehead atoms. The number of nitrogens with one attached hydrogen (secondary N) is 1. The number of benzene rings is 1. The lowest BCUT2D eigenvalue weighted by atomic mass is 9.62. The van der Waals surface area contributed by atoms with Crippen molar-refractivity contribution in [3.8, 4) is 0 Å². The molecule has 6 rings (SSSR count). The van der Waals surface area contributed by atoms with Gasteiger partial charge < -0.3 is 20.3 Å². The molecule has 1 aromatic carbocycles. The van der Waals surface area contributed by atoms with E-state index in [4.69, 9.17) is 9.47 Å². The highest BCUT2D eigenvalue weighted by atomic mass is 16.7. The Morgan fingerprint density at radius 1 is 1.14 bits per heavy atom. The summed E-state index contributed by atoms with van der Waals surface area (Å²) in [6.45, 7) is 3.12. The van der Waals surface area contributed by atoms with E-state index < -0.39 is 18.6 Å². The Balaban J connectivity index is 1.17. The minimum Gasteiger partial charge on any atom is -0.462 e. The second-order valence-corrected chi connectivity index (χ2v) is 12.6. The van der Waals surface area contributed by atoms with E-state index in [1.54, 1.807) is 19.1 Å². The fourth-order valence-electron chi connectivity index (χ4n) is 8.47. The number of fused-ring (bicyclic) bond motifs is 3. The number of nitrogens with zero attached hydrogens (tertiary/aromatic N) is 1. The number of hydrogen-bond donors (Lipinski definition) is 3. The fourth-order valence-corrected chi connectivity index (χ4v) is 8.47. The Labute approximate surface area is 248 Å². The summed E-state index contributed by atoms with van der Waals surface area (Å²) in [6, 6.07) is 7.46. The first-order valence-electron chi connectivity index (χ1n) is 15.5. The zero-order valence-corrected chi connectivity index (χ0v) is 24.3. The number of esters is 1. The summed E-state index contributed by atoms with van der Waals surface area (Å²) < 4.78 is 11.9. The molecule has 1 spiro atoms. The summed E-state index contributed by atoms with van der Waals surface area (Å²) in [5.41, 5.74) is 1.54. The van der Waals surface area contributed by atoms with Gasteiger partial charge in [0.15, 0.2) is 11.8 Å². The van der Waals surface area contributed by atoms with Crippen molar-refractivity contribution in [3.05, 3.63) is 71.9 Å². The maximum atomic E-state index is 12.0. The van der Waals surface area contributed by atoms with Crippen LogP contribution in [-0.2, 0) is 19.1 Å². The van der Waals surface area contributed by atoms with Gasteiger partial charge in [0, 0.05) is 17.5 Å². The van der Waals surface area contributed by atoms with E-state index in [1.165, 1.54) is 31.8 Å². The quantitative estimate of drug-likeness (QED) is 0.0589. The lowest BCUT2D eigenvalue weighted by Crippen LogP contribution is -2.53. The van der Waals surface area contributed by atoms with Crippen LogP contribution in [0.2, 0.25) is 0 Å². The Bertz CT molecular complexity index is 1290. The Hall–Kier alpha value is -3.04. The minimum atomic E-state index is -0.947. The maximum absolute atomic E-state index is 12.0. The summed E-state index contributed by atoms with van der Waals surface area (Å²) in [5, 5.41) is 26.0. The van der Waals surface area contributed by atoms with Crippen molar-refractivity contribution < 1.29 is 33.8 Å². The van der Waals surface area contributed by atoms with Gasteiger partial charge in [-0.05, 0) is 87.1 Å². The molecule has 8 heteroatoms. The van der Waals surface area contributed by atoms with Gasteiger partial charge in [-0.25, -0.2) is 4.79 Å². The van der Waals surface area contributed by atoms with E-state index >= 15 is 0 Å². The van der Waals surface area contributed by atoms with Gasteiger partial charge in [0.2, 0.25) is 0 Å². The Morgan fingerprint density at radius 3 is 2.64 bits per heavy atom. The van der Waals surface area contributed by atoms with Crippen LogP contribution >= 0.6 is 0 Å². The Kier molecular flexibility index (Phi) is 8.24. The van der Waals surface area contributed by atoms with Crippen molar-refractivity contribution in [1.29, 1.82) is 0 Å². The molecule has 2 heterocycles. The summed E-state index contributed by atoms with van der Waals surface area (Å²) >= 11 is 0. The number of aliphatic hydroxyl groups is 2. The number of carbonyl (C=O) groups is 2. The molecular weight excluding hydrogens is 532 g/mol. The number of rotatable bonds is 9. The fraction of sp³-hybridized carbons (Fsp3) is 0.529. The summed E-state index contributed by atoms with van der Waals surface area (Å²) in [7, 11) is 0. The largest absolute Gasteiger partial charge is 0.462 e. The molecule has 0 amide bonds. The molecule has 9 atom stereocenters. The number of ether oxygens (including phenoxy) is 2. The van der Waals surface area contributed by atoms with E-state index in [1.807, 2.05) is 24.3 Å². The van der Waals surface area contributed by atoms with Gasteiger partial charge in [-0.2, -0.15) is 0 Å². The molecule has 224 valence electrons. The average molecular weight is 576 g/mol. The molecule has 1 aromatic rings. The van der Waals surface area contributed by atoms with E-state index in [2.05, 4.69) is 29.6 Å².